The first-order valence-electron chi connectivity index (χ1n) is 5.95. The van der Waals surface area contributed by atoms with Gasteiger partial charge in [-0.05, 0) is 19.4 Å². The van der Waals surface area contributed by atoms with Crippen LogP contribution in [0.1, 0.15) is 23.7 Å². The molecule has 7 heteroatoms. The lowest BCUT2D eigenvalue weighted by atomic mass is 10.1. The van der Waals surface area contributed by atoms with Crippen molar-refractivity contribution in [2.24, 2.45) is 0 Å². The summed E-state index contributed by atoms with van der Waals surface area (Å²) >= 11 is 0. The Morgan fingerprint density at radius 1 is 1.53 bits per heavy atom. The van der Waals surface area contributed by atoms with E-state index in [1.54, 1.807) is 6.92 Å². The van der Waals surface area contributed by atoms with Crippen molar-refractivity contribution in [2.75, 3.05) is 25.4 Å². The van der Waals surface area contributed by atoms with E-state index < -0.39 is 4.92 Å². The van der Waals surface area contributed by atoms with Gasteiger partial charge in [0.15, 0.2) is 0 Å². The first-order chi connectivity index (χ1) is 9.02. The SMILES string of the molecule is CCN(CCCO)C(=O)c1cccc([N+](=O)[O-])c1N. The van der Waals surface area contributed by atoms with Gasteiger partial charge in [0.1, 0.15) is 5.69 Å². The summed E-state index contributed by atoms with van der Waals surface area (Å²) in [6.07, 6.45) is 0.453. The number of para-hydroxylation sites is 1. The molecule has 0 aliphatic rings. The van der Waals surface area contributed by atoms with Crippen LogP contribution in [0.25, 0.3) is 0 Å². The highest BCUT2D eigenvalue weighted by molar-refractivity contribution is 6.01. The van der Waals surface area contributed by atoms with Gasteiger partial charge in [0.25, 0.3) is 11.6 Å². The Balaban J connectivity index is 3.04. The highest BCUT2D eigenvalue weighted by atomic mass is 16.6. The van der Waals surface area contributed by atoms with Crippen LogP contribution in [0.2, 0.25) is 0 Å². The number of nitrogens with zero attached hydrogens (tertiary/aromatic N) is 2. The summed E-state index contributed by atoms with van der Waals surface area (Å²) in [7, 11) is 0. The largest absolute Gasteiger partial charge is 0.396 e. The average molecular weight is 267 g/mol. The zero-order valence-electron chi connectivity index (χ0n) is 10.7. The molecule has 0 saturated carbocycles. The number of nitrogens with two attached hydrogens (primary N) is 1. The van der Waals surface area contributed by atoms with E-state index in [4.69, 9.17) is 10.8 Å². The van der Waals surface area contributed by atoms with E-state index in [0.717, 1.165) is 0 Å². The summed E-state index contributed by atoms with van der Waals surface area (Å²) in [6, 6.07) is 4.16. The molecule has 0 aliphatic carbocycles. The minimum absolute atomic E-state index is 0.0196. The second-order valence-electron chi connectivity index (χ2n) is 3.96. The fourth-order valence-corrected chi connectivity index (χ4v) is 1.73. The van der Waals surface area contributed by atoms with Crippen molar-refractivity contribution in [3.63, 3.8) is 0 Å². The highest BCUT2D eigenvalue weighted by Crippen LogP contribution is 2.25. The number of benzene rings is 1. The van der Waals surface area contributed by atoms with Crippen molar-refractivity contribution in [3.05, 3.63) is 33.9 Å². The third-order valence-electron chi connectivity index (χ3n) is 2.77. The van der Waals surface area contributed by atoms with Crippen LogP contribution < -0.4 is 5.73 Å². The van der Waals surface area contributed by atoms with Gasteiger partial charge in [0.05, 0.1) is 10.5 Å². The van der Waals surface area contributed by atoms with Gasteiger partial charge in [-0.1, -0.05) is 6.07 Å². The molecule has 0 saturated heterocycles. The number of carbonyl (C=O) groups is 1. The van der Waals surface area contributed by atoms with E-state index >= 15 is 0 Å². The first-order valence-corrected chi connectivity index (χ1v) is 5.95. The number of anilines is 1. The fourth-order valence-electron chi connectivity index (χ4n) is 1.73. The molecule has 1 aromatic carbocycles. The second-order valence-corrected chi connectivity index (χ2v) is 3.96. The predicted molar refractivity (Wildman–Crippen MR) is 70.8 cm³/mol. The number of nitro groups is 1. The lowest BCUT2D eigenvalue weighted by Gasteiger charge is -2.21. The van der Waals surface area contributed by atoms with Crippen LogP contribution >= 0.6 is 0 Å². The van der Waals surface area contributed by atoms with Crippen LogP contribution in [0.4, 0.5) is 11.4 Å². The number of aliphatic hydroxyl groups is 1. The Labute approximate surface area is 110 Å². The molecule has 19 heavy (non-hydrogen) atoms. The van der Waals surface area contributed by atoms with Crippen LogP contribution in [0, 0.1) is 10.1 Å². The highest BCUT2D eigenvalue weighted by Gasteiger charge is 2.22. The minimum atomic E-state index is -0.615. The van der Waals surface area contributed by atoms with Gasteiger partial charge in [-0.2, -0.15) is 0 Å². The Kier molecular flexibility index (Phi) is 5.25. The number of rotatable bonds is 6. The van der Waals surface area contributed by atoms with Gasteiger partial charge < -0.3 is 15.7 Å². The van der Waals surface area contributed by atoms with Crippen LogP contribution in [0.3, 0.4) is 0 Å². The lowest BCUT2D eigenvalue weighted by Crippen LogP contribution is -2.32. The van der Waals surface area contributed by atoms with E-state index in [1.807, 2.05) is 0 Å². The van der Waals surface area contributed by atoms with Gasteiger partial charge in [0.2, 0.25) is 0 Å². The molecule has 0 bridgehead atoms. The lowest BCUT2D eigenvalue weighted by molar-refractivity contribution is -0.383. The number of amides is 1. The standard InChI is InChI=1S/C12H17N3O4/c1-2-14(7-4-8-16)12(17)9-5-3-6-10(11(9)13)15(18)19/h3,5-6,16H,2,4,7-8,13H2,1H3. The molecule has 0 radical (unpaired) electrons. The van der Waals surface area contributed by atoms with Gasteiger partial charge in [-0.15, -0.1) is 0 Å². The van der Waals surface area contributed by atoms with E-state index in [-0.39, 0.29) is 29.5 Å². The molecule has 7 nitrogen and oxygen atoms in total. The van der Waals surface area contributed by atoms with Crippen LogP contribution in [-0.4, -0.2) is 40.5 Å². The van der Waals surface area contributed by atoms with Crippen molar-refractivity contribution in [1.29, 1.82) is 0 Å². The molecule has 1 amide bonds. The van der Waals surface area contributed by atoms with E-state index in [2.05, 4.69) is 0 Å². The maximum absolute atomic E-state index is 12.2. The Hall–Kier alpha value is -2.15. The normalized spacial score (nSPS) is 10.2. The Morgan fingerprint density at radius 3 is 2.74 bits per heavy atom. The second kappa shape index (κ2) is 6.69. The zero-order valence-corrected chi connectivity index (χ0v) is 10.7. The van der Waals surface area contributed by atoms with Gasteiger partial charge in [0, 0.05) is 25.8 Å². The molecule has 104 valence electrons. The average Bonchev–Trinajstić information content (AvgIpc) is 2.39. The Morgan fingerprint density at radius 2 is 2.21 bits per heavy atom. The predicted octanol–water partition coefficient (Wildman–Crippen LogP) is 1.02. The third-order valence-corrected chi connectivity index (χ3v) is 2.77. The molecule has 0 atom stereocenters. The number of hydrogen-bond acceptors (Lipinski definition) is 5. The van der Waals surface area contributed by atoms with Crippen LogP contribution in [-0.2, 0) is 0 Å². The van der Waals surface area contributed by atoms with Crippen molar-refractivity contribution in [3.8, 4) is 0 Å². The zero-order chi connectivity index (χ0) is 14.4. The molecule has 0 fully saturated rings. The molecule has 1 aromatic rings. The maximum atomic E-state index is 12.2. The number of aliphatic hydroxyl groups excluding tert-OH is 1. The first kappa shape index (κ1) is 14.9. The molecule has 1 rings (SSSR count). The summed E-state index contributed by atoms with van der Waals surface area (Å²) in [4.78, 5) is 23.9. The van der Waals surface area contributed by atoms with Crippen LogP contribution in [0.5, 0.6) is 0 Å². The van der Waals surface area contributed by atoms with Crippen molar-refractivity contribution < 1.29 is 14.8 Å². The molecule has 0 spiro atoms. The summed E-state index contributed by atoms with van der Waals surface area (Å²) in [5.41, 5.74) is 5.39. The monoisotopic (exact) mass is 267 g/mol. The summed E-state index contributed by atoms with van der Waals surface area (Å²) in [6.45, 7) is 2.60. The number of nitrogen functional groups attached to an aromatic ring is 1. The van der Waals surface area contributed by atoms with Crippen LogP contribution in [0.15, 0.2) is 18.2 Å². The minimum Gasteiger partial charge on any atom is -0.396 e. The molecule has 0 heterocycles. The number of hydrogen-bond donors (Lipinski definition) is 2. The summed E-state index contributed by atoms with van der Waals surface area (Å²) < 4.78 is 0. The maximum Gasteiger partial charge on any atom is 0.292 e. The molecular weight excluding hydrogens is 250 g/mol. The quantitative estimate of drug-likeness (QED) is 0.454. The van der Waals surface area contributed by atoms with Crippen molar-refractivity contribution >= 4 is 17.3 Å². The summed E-state index contributed by atoms with van der Waals surface area (Å²) in [5.74, 6) is -0.364. The fraction of sp³-hybridized carbons (Fsp3) is 0.417. The Bertz CT molecular complexity index is 476. The topological polar surface area (TPSA) is 110 Å². The third kappa shape index (κ3) is 3.41. The van der Waals surface area contributed by atoms with E-state index in [1.165, 1.54) is 23.1 Å². The van der Waals surface area contributed by atoms with Crippen molar-refractivity contribution in [2.45, 2.75) is 13.3 Å². The molecule has 0 aromatic heterocycles. The number of nitro benzene ring substituents is 1. The molecular formula is C12H17N3O4. The van der Waals surface area contributed by atoms with E-state index in [0.29, 0.717) is 19.5 Å². The molecule has 0 aliphatic heterocycles. The molecule has 0 unspecified atom stereocenters. The molecule has 3 N–H and O–H groups in total. The summed E-state index contributed by atoms with van der Waals surface area (Å²) in [5, 5.41) is 19.6. The smallest absolute Gasteiger partial charge is 0.292 e. The van der Waals surface area contributed by atoms with Gasteiger partial charge in [-0.3, -0.25) is 14.9 Å². The van der Waals surface area contributed by atoms with Crippen molar-refractivity contribution in [1.82, 2.24) is 4.90 Å². The van der Waals surface area contributed by atoms with Gasteiger partial charge in [-0.25, -0.2) is 0 Å². The van der Waals surface area contributed by atoms with E-state index in [9.17, 15) is 14.9 Å². The van der Waals surface area contributed by atoms with Gasteiger partial charge >= 0.3 is 0 Å². The number of carbonyl (C=O) groups excluding carboxylic acids is 1.